The number of rotatable bonds is 1. The molecule has 1 aliphatic rings. The van der Waals surface area contributed by atoms with Gasteiger partial charge in [0.05, 0.1) is 11.1 Å². The van der Waals surface area contributed by atoms with E-state index in [0.717, 1.165) is 10.4 Å². The lowest BCUT2D eigenvalue weighted by molar-refractivity contribution is 0.0693. The molecule has 2 amide bonds. The summed E-state index contributed by atoms with van der Waals surface area (Å²) in [6.45, 7) is 6.44. The van der Waals surface area contributed by atoms with E-state index in [9.17, 15) is 9.59 Å². The summed E-state index contributed by atoms with van der Waals surface area (Å²) >= 11 is 0. The van der Waals surface area contributed by atoms with Gasteiger partial charge >= 0.3 is 0 Å². The van der Waals surface area contributed by atoms with Crippen LogP contribution in [0.25, 0.3) is 22.6 Å². The van der Waals surface area contributed by atoms with E-state index in [1.165, 1.54) is 12.6 Å². The van der Waals surface area contributed by atoms with Gasteiger partial charge in [-0.2, -0.15) is 0 Å². The van der Waals surface area contributed by atoms with Crippen molar-refractivity contribution in [1.29, 1.82) is 0 Å². The molecule has 25 heavy (non-hydrogen) atoms. The predicted molar refractivity (Wildman–Crippen MR) is 94.6 cm³/mol. The molecule has 0 fully saturated rings. The maximum atomic E-state index is 12.2. The third-order valence-corrected chi connectivity index (χ3v) is 4.59. The zero-order chi connectivity index (χ0) is 17.9. The van der Waals surface area contributed by atoms with Crippen LogP contribution in [0.4, 0.5) is 0 Å². The Labute approximate surface area is 145 Å². The van der Waals surface area contributed by atoms with E-state index in [1.807, 2.05) is 18.2 Å². The topological polar surface area (TPSA) is 63.4 Å². The molecule has 0 bridgehead atoms. The maximum absolute atomic E-state index is 12.2. The van der Waals surface area contributed by atoms with Crippen molar-refractivity contribution in [2.75, 3.05) is 7.05 Å². The number of carbonyl (C=O) groups excluding carboxylic acids is 2. The molecule has 0 spiro atoms. The quantitative estimate of drug-likeness (QED) is 0.631. The minimum absolute atomic E-state index is 0.0260. The molecular formula is C20H18N2O3. The molecule has 1 aromatic heterocycles. The van der Waals surface area contributed by atoms with Crippen LogP contribution in [0.2, 0.25) is 0 Å². The van der Waals surface area contributed by atoms with Gasteiger partial charge < -0.3 is 4.42 Å². The molecule has 1 aliphatic heterocycles. The molecule has 5 heteroatoms. The zero-order valence-electron chi connectivity index (χ0n) is 14.6. The summed E-state index contributed by atoms with van der Waals surface area (Å²) < 4.78 is 5.85. The van der Waals surface area contributed by atoms with Crippen LogP contribution in [0.5, 0.6) is 0 Å². The highest BCUT2D eigenvalue weighted by molar-refractivity contribution is 6.21. The van der Waals surface area contributed by atoms with Gasteiger partial charge in [-0.15, -0.1) is 0 Å². The fraction of sp³-hybridized carbons (Fsp3) is 0.250. The third-order valence-electron chi connectivity index (χ3n) is 4.59. The second kappa shape index (κ2) is 5.02. The van der Waals surface area contributed by atoms with Gasteiger partial charge in [0.25, 0.3) is 11.8 Å². The Balaban J connectivity index is 1.81. The van der Waals surface area contributed by atoms with Crippen LogP contribution in [0, 0.1) is 0 Å². The van der Waals surface area contributed by atoms with Crippen molar-refractivity contribution in [2.45, 2.75) is 26.2 Å². The second-order valence-corrected chi connectivity index (χ2v) is 7.38. The van der Waals surface area contributed by atoms with Crippen LogP contribution in [0.1, 0.15) is 47.1 Å². The van der Waals surface area contributed by atoms with Crippen molar-refractivity contribution in [1.82, 2.24) is 9.88 Å². The van der Waals surface area contributed by atoms with E-state index in [2.05, 4.69) is 25.8 Å². The van der Waals surface area contributed by atoms with Crippen LogP contribution in [0.15, 0.2) is 40.8 Å². The minimum atomic E-state index is -0.298. The summed E-state index contributed by atoms with van der Waals surface area (Å²) in [6, 6.07) is 11.1. The molecule has 0 N–H and O–H groups in total. The van der Waals surface area contributed by atoms with Crippen molar-refractivity contribution in [3.8, 4) is 11.5 Å². The summed E-state index contributed by atoms with van der Waals surface area (Å²) in [5.41, 5.74) is 4.17. The Hall–Kier alpha value is -2.95. The highest BCUT2D eigenvalue weighted by atomic mass is 16.3. The normalized spacial score (nSPS) is 14.5. The number of amides is 2. The van der Waals surface area contributed by atoms with Crippen LogP contribution in [-0.4, -0.2) is 28.7 Å². The molecule has 4 rings (SSSR count). The van der Waals surface area contributed by atoms with Crippen molar-refractivity contribution in [3.63, 3.8) is 0 Å². The Bertz CT molecular complexity index is 1040. The van der Waals surface area contributed by atoms with Gasteiger partial charge in [-0.05, 0) is 41.3 Å². The molecule has 0 radical (unpaired) electrons. The highest BCUT2D eigenvalue weighted by Crippen LogP contribution is 2.31. The number of carbonyl (C=O) groups is 2. The molecule has 5 nitrogen and oxygen atoms in total. The number of nitrogens with zero attached hydrogens (tertiary/aromatic N) is 2. The number of hydrogen-bond acceptors (Lipinski definition) is 4. The van der Waals surface area contributed by atoms with Crippen molar-refractivity contribution in [2.24, 2.45) is 0 Å². The van der Waals surface area contributed by atoms with Crippen LogP contribution in [0.3, 0.4) is 0 Å². The second-order valence-electron chi connectivity index (χ2n) is 7.38. The van der Waals surface area contributed by atoms with Crippen molar-refractivity contribution >= 4 is 22.9 Å². The Morgan fingerprint density at radius 3 is 2.40 bits per heavy atom. The van der Waals surface area contributed by atoms with E-state index in [0.29, 0.717) is 28.2 Å². The summed E-state index contributed by atoms with van der Waals surface area (Å²) in [7, 11) is 1.48. The molecule has 2 aromatic carbocycles. The largest absolute Gasteiger partial charge is 0.436 e. The van der Waals surface area contributed by atoms with E-state index in [1.54, 1.807) is 18.2 Å². The summed E-state index contributed by atoms with van der Waals surface area (Å²) in [5, 5.41) is 0. The first-order chi connectivity index (χ1) is 11.8. The van der Waals surface area contributed by atoms with Crippen molar-refractivity contribution in [3.05, 3.63) is 53.1 Å². The number of hydrogen-bond donors (Lipinski definition) is 0. The first kappa shape index (κ1) is 15.6. The van der Waals surface area contributed by atoms with Gasteiger partial charge in [0, 0.05) is 12.6 Å². The SMILES string of the molecule is CN1C(=O)c2ccc(-c3nc4cc(C(C)(C)C)ccc4o3)cc2C1=O. The lowest BCUT2D eigenvalue weighted by Crippen LogP contribution is -2.24. The van der Waals surface area contributed by atoms with Crippen LogP contribution in [-0.2, 0) is 5.41 Å². The Kier molecular flexibility index (Phi) is 3.13. The molecule has 0 atom stereocenters. The fourth-order valence-electron chi connectivity index (χ4n) is 3.01. The molecule has 0 saturated carbocycles. The average Bonchev–Trinajstić information content (AvgIpc) is 3.09. The third kappa shape index (κ3) is 2.35. The highest BCUT2D eigenvalue weighted by Gasteiger charge is 2.33. The van der Waals surface area contributed by atoms with E-state index >= 15 is 0 Å². The maximum Gasteiger partial charge on any atom is 0.261 e. The Morgan fingerprint density at radius 1 is 0.960 bits per heavy atom. The van der Waals surface area contributed by atoms with E-state index in [-0.39, 0.29) is 17.2 Å². The molecule has 126 valence electrons. The first-order valence-corrected chi connectivity index (χ1v) is 8.13. The lowest BCUT2D eigenvalue weighted by Gasteiger charge is -2.18. The van der Waals surface area contributed by atoms with Gasteiger partial charge in [0.1, 0.15) is 5.52 Å². The number of fused-ring (bicyclic) bond motifs is 2. The lowest BCUT2D eigenvalue weighted by atomic mass is 9.87. The summed E-state index contributed by atoms with van der Waals surface area (Å²) in [5.74, 6) is -0.134. The van der Waals surface area contributed by atoms with Crippen molar-refractivity contribution < 1.29 is 14.0 Å². The van der Waals surface area contributed by atoms with Gasteiger partial charge in [0.15, 0.2) is 5.58 Å². The number of imide groups is 1. The molecule has 3 aromatic rings. The average molecular weight is 334 g/mol. The predicted octanol–water partition coefficient (Wildman–Crippen LogP) is 4.02. The van der Waals surface area contributed by atoms with Crippen LogP contribution < -0.4 is 0 Å². The fourth-order valence-corrected chi connectivity index (χ4v) is 3.01. The standard InChI is InChI=1S/C20H18N2O3/c1-20(2,3)12-6-8-16-15(10-12)21-17(25-16)11-5-7-13-14(9-11)19(24)22(4)18(13)23/h5-10H,1-4H3. The van der Waals surface area contributed by atoms with Gasteiger partial charge in [0.2, 0.25) is 5.89 Å². The van der Waals surface area contributed by atoms with Crippen LogP contribution >= 0.6 is 0 Å². The molecular weight excluding hydrogens is 316 g/mol. The van der Waals surface area contributed by atoms with E-state index in [4.69, 9.17) is 4.42 Å². The number of benzene rings is 2. The summed E-state index contributed by atoms with van der Waals surface area (Å²) in [4.78, 5) is 29.9. The zero-order valence-corrected chi connectivity index (χ0v) is 14.6. The molecule has 0 unspecified atom stereocenters. The Morgan fingerprint density at radius 2 is 1.68 bits per heavy atom. The summed E-state index contributed by atoms with van der Waals surface area (Å²) in [6.07, 6.45) is 0. The smallest absolute Gasteiger partial charge is 0.261 e. The van der Waals surface area contributed by atoms with Gasteiger partial charge in [-0.25, -0.2) is 4.98 Å². The minimum Gasteiger partial charge on any atom is -0.436 e. The van der Waals surface area contributed by atoms with Gasteiger partial charge in [-0.1, -0.05) is 26.8 Å². The van der Waals surface area contributed by atoms with E-state index < -0.39 is 0 Å². The molecule has 0 saturated heterocycles. The molecule has 2 heterocycles. The number of aromatic nitrogens is 1. The monoisotopic (exact) mass is 334 g/mol. The van der Waals surface area contributed by atoms with Gasteiger partial charge in [-0.3, -0.25) is 14.5 Å². The first-order valence-electron chi connectivity index (χ1n) is 8.13. The molecule has 0 aliphatic carbocycles. The number of oxazole rings is 1.